The maximum Gasteiger partial charge on any atom is 0.00714 e. The first kappa shape index (κ1) is 11.7. The van der Waals surface area contributed by atoms with Gasteiger partial charge < -0.3 is 11.1 Å². The molecule has 0 unspecified atom stereocenters. The third kappa shape index (κ3) is 32.6. The van der Waals surface area contributed by atoms with Gasteiger partial charge >= 0.3 is 0 Å². The molecular weight excluding hydrogens is 112 g/mol. The van der Waals surface area contributed by atoms with Gasteiger partial charge in [0.05, 0.1) is 0 Å². The molecule has 0 aromatic carbocycles. The van der Waals surface area contributed by atoms with Gasteiger partial charge in [-0.25, -0.2) is 0 Å². The summed E-state index contributed by atoms with van der Waals surface area (Å²) in [5.41, 5.74) is 5.08. The van der Waals surface area contributed by atoms with E-state index in [0.717, 1.165) is 13.1 Å². The van der Waals surface area contributed by atoms with Gasteiger partial charge in [-0.1, -0.05) is 26.7 Å². The maximum absolute atomic E-state index is 5.08. The summed E-state index contributed by atoms with van der Waals surface area (Å²) in [6.45, 7) is 6.01. The quantitative estimate of drug-likeness (QED) is 0.600. The molecule has 3 N–H and O–H groups in total. The Kier molecular flexibility index (Phi) is 20.3. The van der Waals surface area contributed by atoms with Crippen LogP contribution in [0.25, 0.3) is 0 Å². The van der Waals surface area contributed by atoms with Crippen LogP contribution in [0.2, 0.25) is 0 Å². The zero-order valence-electron chi connectivity index (χ0n) is 6.91. The summed E-state index contributed by atoms with van der Waals surface area (Å²) in [4.78, 5) is 0. The van der Waals surface area contributed by atoms with Crippen LogP contribution in [0.1, 0.15) is 26.7 Å². The molecule has 0 aromatic heterocycles. The molecule has 58 valence electrons. The third-order valence-corrected chi connectivity index (χ3v) is 0.894. The largest absolute Gasteiger partial charge is 0.329 e. The molecule has 0 spiro atoms. The number of unbranched alkanes of at least 4 members (excludes halogenated alkanes) is 1. The molecule has 0 saturated heterocycles. The number of nitrogens with one attached hydrogen (secondary N) is 1. The molecule has 0 radical (unpaired) electrons. The second kappa shape index (κ2) is 15.7. The summed E-state index contributed by atoms with van der Waals surface area (Å²) in [5, 5.41) is 2.89. The zero-order chi connectivity index (χ0) is 7.54. The summed E-state index contributed by atoms with van der Waals surface area (Å²) < 4.78 is 0. The molecule has 0 aliphatic carbocycles. The topological polar surface area (TPSA) is 38.0 Å². The Labute approximate surface area is 58.8 Å². The van der Waals surface area contributed by atoms with Gasteiger partial charge in [-0.05, 0) is 7.05 Å². The van der Waals surface area contributed by atoms with Gasteiger partial charge in [0.15, 0.2) is 0 Å². The van der Waals surface area contributed by atoms with Gasteiger partial charge in [0.25, 0.3) is 0 Å². The molecule has 0 bridgehead atoms. The lowest BCUT2D eigenvalue weighted by molar-refractivity contribution is 0.802. The molecular formula is C7H20N2. The van der Waals surface area contributed by atoms with Crippen LogP contribution < -0.4 is 11.1 Å². The summed E-state index contributed by atoms with van der Waals surface area (Å²) in [5.74, 6) is 0. The molecule has 9 heavy (non-hydrogen) atoms. The summed E-state index contributed by atoms with van der Waals surface area (Å²) in [6, 6.07) is 0. The van der Waals surface area contributed by atoms with Crippen molar-refractivity contribution in [2.75, 3.05) is 20.1 Å². The van der Waals surface area contributed by atoms with Crippen LogP contribution in [0.15, 0.2) is 0 Å². The van der Waals surface area contributed by atoms with Crippen LogP contribution in [-0.2, 0) is 0 Å². The van der Waals surface area contributed by atoms with Crippen molar-refractivity contribution in [2.24, 2.45) is 5.73 Å². The van der Waals surface area contributed by atoms with E-state index in [4.69, 9.17) is 5.73 Å². The van der Waals surface area contributed by atoms with Crippen LogP contribution in [-0.4, -0.2) is 20.1 Å². The van der Waals surface area contributed by atoms with Gasteiger partial charge in [0.2, 0.25) is 0 Å². The molecule has 0 amide bonds. The molecule has 0 aromatic rings. The van der Waals surface area contributed by atoms with Crippen LogP contribution >= 0.6 is 0 Å². The van der Waals surface area contributed by atoms with Crippen LogP contribution in [0, 0.1) is 0 Å². The third-order valence-electron chi connectivity index (χ3n) is 0.894. The zero-order valence-corrected chi connectivity index (χ0v) is 6.91. The van der Waals surface area contributed by atoms with E-state index in [9.17, 15) is 0 Å². The van der Waals surface area contributed by atoms with E-state index < -0.39 is 0 Å². The second-order valence-corrected chi connectivity index (χ2v) is 1.89. The molecule has 0 rings (SSSR count). The van der Waals surface area contributed by atoms with Crippen molar-refractivity contribution in [3.8, 4) is 0 Å². The average molecular weight is 132 g/mol. The number of rotatable bonds is 3. The minimum atomic E-state index is 0.733. The minimum absolute atomic E-state index is 0.733. The van der Waals surface area contributed by atoms with E-state index in [2.05, 4.69) is 19.2 Å². The maximum atomic E-state index is 5.08. The van der Waals surface area contributed by atoms with E-state index in [1.165, 1.54) is 12.8 Å². The first-order chi connectivity index (χ1) is 4.33. The number of nitrogens with two attached hydrogens (primary N) is 1. The molecule has 0 aliphatic rings. The lowest BCUT2D eigenvalue weighted by atomic mass is 10.4. The fourth-order valence-electron chi connectivity index (χ4n) is 0.144. The highest BCUT2D eigenvalue weighted by molar-refractivity contribution is 4.33. The highest BCUT2D eigenvalue weighted by atomic mass is 14.8. The molecule has 2 nitrogen and oxygen atoms in total. The van der Waals surface area contributed by atoms with Crippen LogP contribution in [0.4, 0.5) is 0 Å². The summed E-state index contributed by atoms with van der Waals surface area (Å²) >= 11 is 0. The Balaban J connectivity index is 0. The highest BCUT2D eigenvalue weighted by Gasteiger charge is 1.64. The Morgan fingerprint density at radius 3 is 1.67 bits per heavy atom. The van der Waals surface area contributed by atoms with E-state index in [0.29, 0.717) is 0 Å². The Morgan fingerprint density at radius 1 is 1.22 bits per heavy atom. The molecule has 0 atom stereocenters. The van der Waals surface area contributed by atoms with Crippen molar-refractivity contribution < 1.29 is 0 Å². The standard InChI is InChI=1S/C4H10.C3H10N2/c1-3-4-2;1-5-3-2-4/h3-4H2,1-2H3;5H,2-4H2,1H3. The van der Waals surface area contributed by atoms with Crippen molar-refractivity contribution in [2.45, 2.75) is 26.7 Å². The van der Waals surface area contributed by atoms with Crippen molar-refractivity contribution in [1.29, 1.82) is 0 Å². The first-order valence-corrected chi connectivity index (χ1v) is 3.68. The van der Waals surface area contributed by atoms with E-state index >= 15 is 0 Å². The highest BCUT2D eigenvalue weighted by Crippen LogP contribution is 1.76. The minimum Gasteiger partial charge on any atom is -0.329 e. The van der Waals surface area contributed by atoms with Gasteiger partial charge in [0.1, 0.15) is 0 Å². The predicted octanol–water partition coefficient (Wildman–Crippen LogP) is 0.971. The average Bonchev–Trinajstić information content (AvgIpc) is 1.91. The number of likely N-dealkylation sites (N-methyl/N-ethyl adjacent to an activating group) is 1. The summed E-state index contributed by atoms with van der Waals surface area (Å²) in [6.07, 6.45) is 2.64. The van der Waals surface area contributed by atoms with Gasteiger partial charge in [-0.2, -0.15) is 0 Å². The molecule has 0 heterocycles. The monoisotopic (exact) mass is 132 g/mol. The number of hydrogen-bond acceptors (Lipinski definition) is 2. The summed E-state index contributed by atoms with van der Waals surface area (Å²) in [7, 11) is 1.88. The smallest absolute Gasteiger partial charge is 0.00714 e. The Bertz CT molecular complexity index is 26.1. The fraction of sp³-hybridized carbons (Fsp3) is 1.00. The van der Waals surface area contributed by atoms with Crippen LogP contribution in [0.3, 0.4) is 0 Å². The Hall–Kier alpha value is -0.0800. The predicted molar refractivity (Wildman–Crippen MR) is 43.6 cm³/mol. The second-order valence-electron chi connectivity index (χ2n) is 1.89. The van der Waals surface area contributed by atoms with Crippen molar-refractivity contribution >= 4 is 0 Å². The van der Waals surface area contributed by atoms with Gasteiger partial charge in [0, 0.05) is 13.1 Å². The van der Waals surface area contributed by atoms with E-state index in [1.54, 1.807) is 0 Å². The van der Waals surface area contributed by atoms with Crippen LogP contribution in [0.5, 0.6) is 0 Å². The van der Waals surface area contributed by atoms with Crippen molar-refractivity contribution in [1.82, 2.24) is 5.32 Å². The van der Waals surface area contributed by atoms with Crippen molar-refractivity contribution in [3.05, 3.63) is 0 Å². The number of hydrogen-bond donors (Lipinski definition) is 2. The SMILES string of the molecule is CCCC.CNCCN. The van der Waals surface area contributed by atoms with Crippen molar-refractivity contribution in [3.63, 3.8) is 0 Å². The Morgan fingerprint density at radius 2 is 1.67 bits per heavy atom. The van der Waals surface area contributed by atoms with Gasteiger partial charge in [-0.15, -0.1) is 0 Å². The fourth-order valence-corrected chi connectivity index (χ4v) is 0.144. The normalized spacial score (nSPS) is 8.00. The van der Waals surface area contributed by atoms with E-state index in [-0.39, 0.29) is 0 Å². The molecule has 0 saturated carbocycles. The first-order valence-electron chi connectivity index (χ1n) is 3.68. The lowest BCUT2D eigenvalue weighted by Crippen LogP contribution is -2.17. The van der Waals surface area contributed by atoms with E-state index in [1.807, 2.05) is 7.05 Å². The molecule has 0 aliphatic heterocycles. The molecule has 2 heteroatoms. The molecule has 0 fully saturated rings. The lowest BCUT2D eigenvalue weighted by Gasteiger charge is -1.85. The van der Waals surface area contributed by atoms with Gasteiger partial charge in [-0.3, -0.25) is 0 Å².